The quantitative estimate of drug-likeness (QED) is 0.392. The second-order valence-corrected chi connectivity index (χ2v) is 2.31. The summed E-state index contributed by atoms with van der Waals surface area (Å²) in [6.45, 7) is 1.80. The zero-order valence-corrected chi connectivity index (χ0v) is 5.66. The Morgan fingerprint density at radius 1 is 1.80 bits per heavy atom. The lowest BCUT2D eigenvalue weighted by Gasteiger charge is -2.15. The standard InChI is InChI=1S/C7H8O3/c1-5-2-6(4-8)10-7(9)3-5/h3-4,6H,2H2,1H3/t6-/m0/s1. The molecular formula is C7H8O3. The fourth-order valence-electron chi connectivity index (χ4n) is 0.878. The van der Waals surface area contributed by atoms with Crippen molar-refractivity contribution in [3.8, 4) is 0 Å². The van der Waals surface area contributed by atoms with Gasteiger partial charge < -0.3 is 4.74 Å². The minimum absolute atomic E-state index is 0.416. The summed E-state index contributed by atoms with van der Waals surface area (Å²) < 4.78 is 4.62. The van der Waals surface area contributed by atoms with Gasteiger partial charge in [-0.3, -0.25) is 4.79 Å². The van der Waals surface area contributed by atoms with Gasteiger partial charge >= 0.3 is 5.97 Å². The van der Waals surface area contributed by atoms with Gasteiger partial charge in [-0.2, -0.15) is 0 Å². The van der Waals surface area contributed by atoms with Crippen LogP contribution >= 0.6 is 0 Å². The first-order chi connectivity index (χ1) is 4.72. The minimum Gasteiger partial charge on any atom is -0.451 e. The lowest BCUT2D eigenvalue weighted by atomic mass is 10.1. The third-order valence-corrected chi connectivity index (χ3v) is 1.31. The average molecular weight is 140 g/mol. The van der Waals surface area contributed by atoms with Crippen LogP contribution in [0, 0.1) is 0 Å². The molecule has 1 heterocycles. The molecule has 0 fully saturated rings. The fourth-order valence-corrected chi connectivity index (χ4v) is 0.878. The summed E-state index contributed by atoms with van der Waals surface area (Å²) in [5, 5.41) is 0. The lowest BCUT2D eigenvalue weighted by Crippen LogP contribution is -2.22. The lowest BCUT2D eigenvalue weighted by molar-refractivity contribution is -0.147. The number of hydrogen-bond donors (Lipinski definition) is 0. The molecule has 0 unspecified atom stereocenters. The summed E-state index contributed by atoms with van der Waals surface area (Å²) in [4.78, 5) is 20.7. The van der Waals surface area contributed by atoms with E-state index in [9.17, 15) is 9.59 Å². The molecule has 3 nitrogen and oxygen atoms in total. The van der Waals surface area contributed by atoms with Crippen LogP contribution in [0.15, 0.2) is 11.6 Å². The normalized spacial score (nSPS) is 25.1. The summed E-state index contributed by atoms with van der Waals surface area (Å²) in [5.74, 6) is -0.416. The van der Waals surface area contributed by atoms with Gasteiger partial charge in [0.2, 0.25) is 0 Å². The molecule has 1 aliphatic rings. The molecule has 0 N–H and O–H groups in total. The second kappa shape index (κ2) is 2.64. The fraction of sp³-hybridized carbons (Fsp3) is 0.429. The van der Waals surface area contributed by atoms with Gasteiger partial charge in [0.05, 0.1) is 0 Å². The average Bonchev–Trinajstić information content (AvgIpc) is 1.85. The van der Waals surface area contributed by atoms with Crippen LogP contribution in [0.5, 0.6) is 0 Å². The van der Waals surface area contributed by atoms with Crippen molar-refractivity contribution in [1.29, 1.82) is 0 Å². The van der Waals surface area contributed by atoms with Crippen LogP contribution in [0.25, 0.3) is 0 Å². The number of aldehydes is 1. The molecular weight excluding hydrogens is 132 g/mol. The number of cyclic esters (lactones) is 1. The van der Waals surface area contributed by atoms with Gasteiger partial charge in [-0.25, -0.2) is 4.79 Å². The highest BCUT2D eigenvalue weighted by atomic mass is 16.5. The molecule has 0 saturated heterocycles. The molecule has 0 amide bonds. The highest BCUT2D eigenvalue weighted by molar-refractivity contribution is 5.85. The topological polar surface area (TPSA) is 43.4 Å². The van der Waals surface area contributed by atoms with Crippen molar-refractivity contribution in [2.45, 2.75) is 19.4 Å². The van der Waals surface area contributed by atoms with Crippen LogP contribution in [0.3, 0.4) is 0 Å². The van der Waals surface area contributed by atoms with Crippen molar-refractivity contribution in [2.75, 3.05) is 0 Å². The van der Waals surface area contributed by atoms with Gasteiger partial charge in [-0.05, 0) is 6.92 Å². The molecule has 1 aliphatic heterocycles. The largest absolute Gasteiger partial charge is 0.451 e. The van der Waals surface area contributed by atoms with Gasteiger partial charge in [-0.15, -0.1) is 0 Å². The molecule has 0 bridgehead atoms. The molecule has 0 aromatic heterocycles. The molecule has 1 rings (SSSR count). The smallest absolute Gasteiger partial charge is 0.331 e. The Kier molecular flexibility index (Phi) is 1.85. The molecule has 54 valence electrons. The van der Waals surface area contributed by atoms with Crippen molar-refractivity contribution in [1.82, 2.24) is 0 Å². The van der Waals surface area contributed by atoms with Crippen LogP contribution in [-0.4, -0.2) is 18.4 Å². The van der Waals surface area contributed by atoms with E-state index in [0.29, 0.717) is 12.7 Å². The van der Waals surface area contributed by atoms with Crippen molar-refractivity contribution >= 4 is 12.3 Å². The van der Waals surface area contributed by atoms with E-state index < -0.39 is 12.1 Å². The van der Waals surface area contributed by atoms with E-state index in [-0.39, 0.29) is 0 Å². The Morgan fingerprint density at radius 2 is 2.50 bits per heavy atom. The number of carbonyl (C=O) groups is 2. The summed E-state index contributed by atoms with van der Waals surface area (Å²) in [6.07, 6.45) is 2.03. The zero-order chi connectivity index (χ0) is 7.56. The van der Waals surface area contributed by atoms with Gasteiger partial charge in [0, 0.05) is 12.5 Å². The number of esters is 1. The molecule has 0 radical (unpaired) electrons. The molecule has 0 saturated carbocycles. The van der Waals surface area contributed by atoms with Crippen molar-refractivity contribution in [3.05, 3.63) is 11.6 Å². The predicted molar refractivity (Wildman–Crippen MR) is 34.3 cm³/mol. The van der Waals surface area contributed by atoms with Crippen LogP contribution < -0.4 is 0 Å². The molecule has 3 heteroatoms. The Morgan fingerprint density at radius 3 is 3.00 bits per heavy atom. The monoisotopic (exact) mass is 140 g/mol. The van der Waals surface area contributed by atoms with Crippen LogP contribution in [0.1, 0.15) is 13.3 Å². The number of rotatable bonds is 1. The summed E-state index contributed by atoms with van der Waals surface area (Å²) in [5.41, 5.74) is 0.897. The zero-order valence-electron chi connectivity index (χ0n) is 5.66. The summed E-state index contributed by atoms with van der Waals surface area (Å²) in [6, 6.07) is 0. The van der Waals surface area contributed by atoms with Crippen LogP contribution in [-0.2, 0) is 14.3 Å². The SMILES string of the molecule is CC1=CC(=O)O[C@H](C=O)C1. The first-order valence-corrected chi connectivity index (χ1v) is 3.05. The van der Waals surface area contributed by atoms with E-state index in [1.807, 2.05) is 0 Å². The van der Waals surface area contributed by atoms with Gasteiger partial charge in [-0.1, -0.05) is 5.57 Å². The van der Waals surface area contributed by atoms with Crippen molar-refractivity contribution in [3.63, 3.8) is 0 Å². The molecule has 10 heavy (non-hydrogen) atoms. The van der Waals surface area contributed by atoms with Crippen molar-refractivity contribution < 1.29 is 14.3 Å². The molecule has 0 aromatic rings. The summed E-state index contributed by atoms with van der Waals surface area (Å²) in [7, 11) is 0. The van der Waals surface area contributed by atoms with Crippen molar-refractivity contribution in [2.24, 2.45) is 0 Å². The van der Waals surface area contributed by atoms with E-state index in [0.717, 1.165) is 5.57 Å². The van der Waals surface area contributed by atoms with E-state index >= 15 is 0 Å². The highest BCUT2D eigenvalue weighted by Gasteiger charge is 2.17. The first-order valence-electron chi connectivity index (χ1n) is 3.05. The van der Waals surface area contributed by atoms with E-state index in [1.54, 1.807) is 6.92 Å². The first kappa shape index (κ1) is 6.99. The molecule has 1 atom stereocenters. The maximum Gasteiger partial charge on any atom is 0.331 e. The van der Waals surface area contributed by atoms with Crippen LogP contribution in [0.2, 0.25) is 0 Å². The second-order valence-electron chi connectivity index (χ2n) is 2.31. The maximum absolute atomic E-state index is 10.6. The van der Waals surface area contributed by atoms with E-state index in [2.05, 4.69) is 4.74 Å². The third kappa shape index (κ3) is 1.43. The Hall–Kier alpha value is -1.12. The molecule has 0 spiro atoms. The molecule has 0 aliphatic carbocycles. The summed E-state index contributed by atoms with van der Waals surface area (Å²) >= 11 is 0. The minimum atomic E-state index is -0.558. The van der Waals surface area contributed by atoms with Gasteiger partial charge in [0.15, 0.2) is 12.4 Å². The van der Waals surface area contributed by atoms with E-state index in [1.165, 1.54) is 6.08 Å². The third-order valence-electron chi connectivity index (χ3n) is 1.31. The highest BCUT2D eigenvalue weighted by Crippen LogP contribution is 2.12. The maximum atomic E-state index is 10.6. The van der Waals surface area contributed by atoms with E-state index in [4.69, 9.17) is 0 Å². The number of ether oxygens (including phenoxy) is 1. The Balaban J connectivity index is 2.69. The Bertz CT molecular complexity index is 193. The Labute approximate surface area is 58.7 Å². The van der Waals surface area contributed by atoms with Crippen LogP contribution in [0.4, 0.5) is 0 Å². The molecule has 0 aromatic carbocycles. The van der Waals surface area contributed by atoms with Gasteiger partial charge in [0.1, 0.15) is 0 Å². The number of hydrogen-bond acceptors (Lipinski definition) is 3. The predicted octanol–water partition coefficient (Wildman–Crippen LogP) is 0.447. The number of carbonyl (C=O) groups excluding carboxylic acids is 2. The van der Waals surface area contributed by atoms with Gasteiger partial charge in [0.25, 0.3) is 0 Å².